The highest BCUT2D eigenvalue weighted by Gasteiger charge is 2.42. The van der Waals surface area contributed by atoms with E-state index in [0.717, 1.165) is 11.0 Å². The van der Waals surface area contributed by atoms with E-state index < -0.39 is 35.6 Å². The maximum Gasteiger partial charge on any atom is 0.418 e. The van der Waals surface area contributed by atoms with E-state index in [0.29, 0.717) is 6.42 Å². The second kappa shape index (κ2) is 5.38. The lowest BCUT2D eigenvalue weighted by Crippen LogP contribution is -2.62. The van der Waals surface area contributed by atoms with Gasteiger partial charge in [0.1, 0.15) is 12.1 Å². The van der Waals surface area contributed by atoms with Gasteiger partial charge in [-0.15, -0.1) is 0 Å². The number of halogens is 3. The van der Waals surface area contributed by atoms with Crippen LogP contribution in [0.5, 0.6) is 0 Å². The highest BCUT2D eigenvalue weighted by molar-refractivity contribution is 6.08. The van der Waals surface area contributed by atoms with Crippen LogP contribution in [0.15, 0.2) is 24.3 Å². The third-order valence-corrected chi connectivity index (χ3v) is 3.50. The molecule has 1 aromatic rings. The summed E-state index contributed by atoms with van der Waals surface area (Å²) >= 11 is 0. The summed E-state index contributed by atoms with van der Waals surface area (Å²) in [6.45, 7) is 3.10. The molecule has 1 aromatic carbocycles. The molecule has 1 saturated heterocycles. The van der Waals surface area contributed by atoms with Crippen LogP contribution in [-0.2, 0) is 15.8 Å². The van der Waals surface area contributed by atoms with Gasteiger partial charge in [-0.1, -0.05) is 19.1 Å². The Kier molecular flexibility index (Phi) is 3.93. The minimum absolute atomic E-state index is 0.282. The summed E-state index contributed by atoms with van der Waals surface area (Å²) < 4.78 is 39.3. The molecule has 1 N–H and O–H groups in total. The van der Waals surface area contributed by atoms with Gasteiger partial charge in [-0.25, -0.2) is 0 Å². The average Bonchev–Trinajstić information content (AvgIpc) is 2.42. The van der Waals surface area contributed by atoms with Crippen molar-refractivity contribution >= 4 is 17.5 Å². The normalized spacial score (nSPS) is 23.2. The first-order valence-electron chi connectivity index (χ1n) is 6.57. The van der Waals surface area contributed by atoms with Crippen LogP contribution in [0.3, 0.4) is 0 Å². The summed E-state index contributed by atoms with van der Waals surface area (Å²) in [6, 6.07) is 3.00. The van der Waals surface area contributed by atoms with Crippen LogP contribution in [0.4, 0.5) is 18.9 Å². The third kappa shape index (κ3) is 2.72. The maximum absolute atomic E-state index is 13.1. The smallest absolute Gasteiger partial charge is 0.343 e. The van der Waals surface area contributed by atoms with Gasteiger partial charge in [0.25, 0.3) is 0 Å². The number of hydrogen-bond donors (Lipinski definition) is 1. The lowest BCUT2D eigenvalue weighted by atomic mass is 10.0. The molecule has 1 aliphatic heterocycles. The van der Waals surface area contributed by atoms with Crippen LogP contribution in [0.25, 0.3) is 0 Å². The summed E-state index contributed by atoms with van der Waals surface area (Å²) in [6.07, 6.45) is -4.27. The molecule has 0 saturated carbocycles. The molecule has 4 nitrogen and oxygen atoms in total. The molecule has 1 heterocycles. The van der Waals surface area contributed by atoms with Gasteiger partial charge in [0, 0.05) is 0 Å². The standard InChI is InChI=1S/C14H15F3N2O2/c1-3-10-13(21)19(8(2)12(20)18-10)11-7-5-4-6-9(11)14(15,16)17/h4-8,10H,3H2,1-2H3,(H,18,20). The molecular formula is C14H15F3N2O2. The van der Waals surface area contributed by atoms with Crippen molar-refractivity contribution in [2.75, 3.05) is 4.90 Å². The fourth-order valence-corrected chi connectivity index (χ4v) is 2.36. The molecule has 1 fully saturated rings. The molecule has 114 valence electrons. The summed E-state index contributed by atoms with van der Waals surface area (Å²) in [5, 5.41) is 2.51. The number of nitrogens with one attached hydrogen (secondary N) is 1. The molecule has 0 spiro atoms. The Morgan fingerprint density at radius 1 is 1.24 bits per heavy atom. The molecule has 2 atom stereocenters. The first-order valence-corrected chi connectivity index (χ1v) is 6.57. The molecule has 0 radical (unpaired) electrons. The third-order valence-electron chi connectivity index (χ3n) is 3.50. The number of nitrogens with zero attached hydrogens (tertiary/aromatic N) is 1. The van der Waals surface area contributed by atoms with Crippen molar-refractivity contribution in [2.24, 2.45) is 0 Å². The molecule has 7 heteroatoms. The first kappa shape index (κ1) is 15.3. The Morgan fingerprint density at radius 2 is 1.86 bits per heavy atom. The van der Waals surface area contributed by atoms with E-state index in [1.54, 1.807) is 6.92 Å². The largest absolute Gasteiger partial charge is 0.418 e. The quantitative estimate of drug-likeness (QED) is 0.911. The number of piperazine rings is 1. The fraction of sp³-hybridized carbons (Fsp3) is 0.429. The Labute approximate surface area is 119 Å². The Balaban J connectivity index is 2.53. The molecule has 2 rings (SSSR count). The van der Waals surface area contributed by atoms with Gasteiger partial charge in [-0.2, -0.15) is 13.2 Å². The summed E-state index contributed by atoms with van der Waals surface area (Å²) in [4.78, 5) is 25.1. The number of carbonyl (C=O) groups is 2. The molecule has 0 aliphatic carbocycles. The van der Waals surface area contributed by atoms with Gasteiger partial charge in [-0.3, -0.25) is 14.5 Å². The van der Waals surface area contributed by atoms with Gasteiger partial charge >= 0.3 is 6.18 Å². The number of para-hydroxylation sites is 1. The topological polar surface area (TPSA) is 49.4 Å². The minimum Gasteiger partial charge on any atom is -0.343 e. The number of anilines is 1. The zero-order valence-electron chi connectivity index (χ0n) is 11.6. The van der Waals surface area contributed by atoms with E-state index in [-0.39, 0.29) is 5.69 Å². The highest BCUT2D eigenvalue weighted by Crippen LogP contribution is 2.37. The van der Waals surface area contributed by atoms with E-state index in [1.165, 1.54) is 25.1 Å². The summed E-state index contributed by atoms with van der Waals surface area (Å²) in [5.74, 6) is -0.986. The Bertz CT molecular complexity index is 572. The van der Waals surface area contributed by atoms with Crippen LogP contribution >= 0.6 is 0 Å². The van der Waals surface area contributed by atoms with Gasteiger partial charge < -0.3 is 5.32 Å². The van der Waals surface area contributed by atoms with Gasteiger partial charge in [0.05, 0.1) is 11.3 Å². The zero-order valence-corrected chi connectivity index (χ0v) is 11.6. The molecule has 2 amide bonds. The van der Waals surface area contributed by atoms with Crippen LogP contribution in [-0.4, -0.2) is 23.9 Å². The predicted octanol–water partition coefficient (Wildman–Crippen LogP) is 2.34. The van der Waals surface area contributed by atoms with E-state index in [2.05, 4.69) is 5.32 Å². The molecule has 1 aliphatic rings. The number of carbonyl (C=O) groups excluding carboxylic acids is 2. The van der Waals surface area contributed by atoms with Crippen molar-refractivity contribution in [2.45, 2.75) is 38.5 Å². The number of alkyl halides is 3. The van der Waals surface area contributed by atoms with E-state index in [1.807, 2.05) is 0 Å². The van der Waals surface area contributed by atoms with Crippen molar-refractivity contribution in [1.82, 2.24) is 5.32 Å². The maximum atomic E-state index is 13.1. The molecule has 0 bridgehead atoms. The lowest BCUT2D eigenvalue weighted by Gasteiger charge is -2.38. The monoisotopic (exact) mass is 300 g/mol. The minimum atomic E-state index is -4.59. The number of amides is 2. The van der Waals surface area contributed by atoms with Crippen molar-refractivity contribution in [3.63, 3.8) is 0 Å². The second-order valence-corrected chi connectivity index (χ2v) is 4.87. The molecule has 0 aromatic heterocycles. The average molecular weight is 300 g/mol. The first-order chi connectivity index (χ1) is 9.77. The Hall–Kier alpha value is -2.05. The van der Waals surface area contributed by atoms with Crippen LogP contribution in [0.2, 0.25) is 0 Å². The number of rotatable bonds is 2. The van der Waals surface area contributed by atoms with E-state index in [4.69, 9.17) is 0 Å². The van der Waals surface area contributed by atoms with Crippen molar-refractivity contribution in [3.8, 4) is 0 Å². The molecule has 21 heavy (non-hydrogen) atoms. The Morgan fingerprint density at radius 3 is 2.43 bits per heavy atom. The zero-order chi connectivity index (χ0) is 15.8. The summed E-state index contributed by atoms with van der Waals surface area (Å²) in [5.41, 5.74) is -1.20. The van der Waals surface area contributed by atoms with Crippen molar-refractivity contribution in [1.29, 1.82) is 0 Å². The van der Waals surface area contributed by atoms with E-state index >= 15 is 0 Å². The van der Waals surface area contributed by atoms with Crippen molar-refractivity contribution < 1.29 is 22.8 Å². The van der Waals surface area contributed by atoms with Gasteiger partial charge in [0.15, 0.2) is 0 Å². The number of benzene rings is 1. The lowest BCUT2D eigenvalue weighted by molar-refractivity contribution is -0.138. The van der Waals surface area contributed by atoms with E-state index in [9.17, 15) is 22.8 Å². The summed E-state index contributed by atoms with van der Waals surface area (Å²) in [7, 11) is 0. The second-order valence-electron chi connectivity index (χ2n) is 4.87. The molecule has 2 unspecified atom stereocenters. The number of hydrogen-bond acceptors (Lipinski definition) is 2. The predicted molar refractivity (Wildman–Crippen MR) is 70.6 cm³/mol. The van der Waals surface area contributed by atoms with Crippen LogP contribution < -0.4 is 10.2 Å². The fourth-order valence-electron chi connectivity index (χ4n) is 2.36. The van der Waals surface area contributed by atoms with Crippen LogP contribution in [0.1, 0.15) is 25.8 Å². The van der Waals surface area contributed by atoms with Gasteiger partial charge in [-0.05, 0) is 25.5 Å². The SMILES string of the molecule is CCC1NC(=O)C(C)N(c2ccccc2C(F)(F)F)C1=O. The van der Waals surface area contributed by atoms with Gasteiger partial charge in [0.2, 0.25) is 11.8 Å². The highest BCUT2D eigenvalue weighted by atomic mass is 19.4. The van der Waals surface area contributed by atoms with Crippen molar-refractivity contribution in [3.05, 3.63) is 29.8 Å². The van der Waals surface area contributed by atoms with Crippen LogP contribution in [0, 0.1) is 0 Å². The molecular weight excluding hydrogens is 285 g/mol.